The molecule has 86 valence electrons. The normalized spacial score (nSPS) is 11.9. The minimum atomic E-state index is -1.30. The van der Waals surface area contributed by atoms with Gasteiger partial charge in [-0.2, -0.15) is 11.1 Å². The van der Waals surface area contributed by atoms with E-state index in [2.05, 4.69) is 42.2 Å². The van der Waals surface area contributed by atoms with Gasteiger partial charge in [0.2, 0.25) is 0 Å². The summed E-state index contributed by atoms with van der Waals surface area (Å²) in [6.07, 6.45) is 9.54. The maximum atomic E-state index is 6.26. The van der Waals surface area contributed by atoms with Gasteiger partial charge in [-0.15, -0.1) is 0 Å². The van der Waals surface area contributed by atoms with E-state index in [4.69, 9.17) is 11.1 Å². The molecule has 1 aromatic rings. The molecule has 0 aliphatic carbocycles. The predicted molar refractivity (Wildman–Crippen MR) is 71.0 cm³/mol. The Labute approximate surface area is 99.2 Å². The zero-order chi connectivity index (χ0) is 11.1. The second-order valence-electron chi connectivity index (χ2n) is 4.80. The van der Waals surface area contributed by atoms with E-state index in [1.54, 1.807) is 0 Å². The van der Waals surface area contributed by atoms with Crippen molar-refractivity contribution in [3.63, 3.8) is 0 Å². The van der Waals surface area contributed by atoms with Crippen LogP contribution in [-0.4, -0.2) is 12.0 Å². The van der Waals surface area contributed by atoms with Crippen molar-refractivity contribution < 1.29 is 0 Å². The number of aromatic nitrogens is 1. The lowest BCUT2D eigenvalue weighted by molar-refractivity contribution is 0.583. The van der Waals surface area contributed by atoms with Crippen molar-refractivity contribution in [3.05, 3.63) is 24.5 Å². The van der Waals surface area contributed by atoms with Crippen LogP contribution in [0.25, 0.3) is 0 Å². The van der Waals surface area contributed by atoms with Crippen molar-refractivity contribution in [2.24, 2.45) is 0 Å². The molecule has 0 N–H and O–H groups in total. The molecule has 0 spiro atoms. The van der Waals surface area contributed by atoms with Crippen LogP contribution in [0.3, 0.4) is 0 Å². The number of unbranched alkanes of at least 4 members (excludes halogenated alkanes) is 3. The summed E-state index contributed by atoms with van der Waals surface area (Å²) in [5.41, 5.74) is 0. The van der Waals surface area contributed by atoms with E-state index in [0.717, 1.165) is 6.54 Å². The quantitative estimate of drug-likeness (QED) is 0.378. The molecule has 15 heavy (non-hydrogen) atoms. The van der Waals surface area contributed by atoms with Crippen molar-refractivity contribution in [3.8, 4) is 0 Å². The highest BCUT2D eigenvalue weighted by Crippen LogP contribution is 2.18. The molecule has 0 bridgehead atoms. The molecule has 0 unspecified atom stereocenters. The first-order valence-corrected chi connectivity index (χ1v) is 10.1. The van der Waals surface area contributed by atoms with Crippen LogP contribution in [0.1, 0.15) is 25.7 Å². The molecule has 1 heterocycles. The molecule has 0 amide bonds. The lowest BCUT2D eigenvalue weighted by Gasteiger charge is -2.11. The van der Waals surface area contributed by atoms with Gasteiger partial charge in [-0.1, -0.05) is 32.4 Å². The fraction of sp³-hybridized carbons (Fsp3) is 0.667. The molecule has 0 fully saturated rings. The number of nitrogens with zero attached hydrogens (tertiary/aromatic N) is 1. The predicted octanol–water partition coefficient (Wildman–Crippen LogP) is 4.49. The number of aryl methyl sites for hydroxylation is 1. The molecule has 0 atom stereocenters. The van der Waals surface area contributed by atoms with Gasteiger partial charge in [-0.05, 0) is 24.6 Å². The summed E-state index contributed by atoms with van der Waals surface area (Å²) in [7, 11) is -1.30. The third-order valence-electron chi connectivity index (χ3n) is 2.60. The Hall–Kier alpha value is -0.213. The lowest BCUT2D eigenvalue weighted by Crippen LogP contribution is -2.14. The minimum Gasteiger partial charge on any atom is -0.354 e. The lowest BCUT2D eigenvalue weighted by atomic mass is 10.2. The molecule has 0 radical (unpaired) electrons. The van der Waals surface area contributed by atoms with Crippen molar-refractivity contribution in [1.82, 2.24) is 4.57 Å². The topological polar surface area (TPSA) is 4.93 Å². The Kier molecular flexibility index (Phi) is 5.47. The zero-order valence-corrected chi connectivity index (χ0v) is 11.6. The van der Waals surface area contributed by atoms with Gasteiger partial charge in [0, 0.05) is 18.9 Å². The summed E-state index contributed by atoms with van der Waals surface area (Å²) in [4.78, 5) is 0. The number of hydrogen-bond donors (Lipinski definition) is 0. The van der Waals surface area contributed by atoms with E-state index in [-0.39, 0.29) is 0 Å². The smallest absolute Gasteiger partial charge is 0.150 e. The Balaban J connectivity index is 1.94. The summed E-state index contributed by atoms with van der Waals surface area (Å²) < 4.78 is 2.25. The minimum absolute atomic E-state index is 1.16. The summed E-state index contributed by atoms with van der Waals surface area (Å²) in [6.45, 7) is 5.62. The Morgan fingerprint density at radius 1 is 1.00 bits per heavy atom. The van der Waals surface area contributed by atoms with Gasteiger partial charge in [0.1, 0.15) is 7.38 Å². The molecule has 1 rings (SSSR count). The molecular formula is C12H22ClNSi. The number of halogens is 1. The van der Waals surface area contributed by atoms with E-state index in [9.17, 15) is 0 Å². The second kappa shape index (κ2) is 6.39. The highest BCUT2D eigenvalue weighted by molar-refractivity contribution is 7.19. The summed E-state index contributed by atoms with van der Waals surface area (Å²) in [5.74, 6) is 0. The largest absolute Gasteiger partial charge is 0.354 e. The van der Waals surface area contributed by atoms with Gasteiger partial charge >= 0.3 is 0 Å². The van der Waals surface area contributed by atoms with Crippen molar-refractivity contribution >= 4 is 18.5 Å². The molecule has 1 aromatic heterocycles. The second-order valence-corrected chi connectivity index (χ2v) is 11.8. The summed E-state index contributed by atoms with van der Waals surface area (Å²) >= 11 is 6.26. The maximum Gasteiger partial charge on any atom is 0.150 e. The average Bonchev–Trinajstić information content (AvgIpc) is 2.61. The van der Waals surface area contributed by atoms with Gasteiger partial charge in [0.15, 0.2) is 0 Å². The van der Waals surface area contributed by atoms with E-state index in [1.807, 2.05) is 0 Å². The van der Waals surface area contributed by atoms with Crippen LogP contribution in [0, 0.1) is 0 Å². The zero-order valence-electron chi connectivity index (χ0n) is 9.88. The van der Waals surface area contributed by atoms with E-state index < -0.39 is 7.38 Å². The van der Waals surface area contributed by atoms with Gasteiger partial charge in [-0.25, -0.2) is 0 Å². The molecule has 0 aromatic carbocycles. The van der Waals surface area contributed by atoms with Gasteiger partial charge in [-0.3, -0.25) is 0 Å². The van der Waals surface area contributed by atoms with E-state index >= 15 is 0 Å². The van der Waals surface area contributed by atoms with Crippen LogP contribution in [0.2, 0.25) is 19.1 Å². The molecule has 0 saturated heterocycles. The van der Waals surface area contributed by atoms with Crippen LogP contribution in [0.4, 0.5) is 0 Å². The number of hydrogen-bond acceptors (Lipinski definition) is 0. The van der Waals surface area contributed by atoms with Crippen LogP contribution in [-0.2, 0) is 6.54 Å². The summed E-state index contributed by atoms with van der Waals surface area (Å²) in [5, 5.41) is 0. The van der Waals surface area contributed by atoms with E-state index in [1.165, 1.54) is 31.7 Å². The highest BCUT2D eigenvalue weighted by atomic mass is 35.6. The monoisotopic (exact) mass is 243 g/mol. The molecule has 1 nitrogen and oxygen atoms in total. The Morgan fingerprint density at radius 3 is 2.20 bits per heavy atom. The standard InChI is InChI=1S/C12H22ClNSi/c1-15(2,13)12-8-4-3-5-9-14-10-6-7-11-14/h6-7,10-11H,3-5,8-9,12H2,1-2H3. The van der Waals surface area contributed by atoms with Crippen LogP contribution in [0.5, 0.6) is 0 Å². The first-order valence-electron chi connectivity index (χ1n) is 5.88. The molecular weight excluding hydrogens is 222 g/mol. The summed E-state index contributed by atoms with van der Waals surface area (Å²) in [6, 6.07) is 5.43. The first-order chi connectivity index (χ1) is 7.08. The van der Waals surface area contributed by atoms with Crippen molar-refractivity contribution in [2.45, 2.75) is 51.4 Å². The van der Waals surface area contributed by atoms with Crippen LogP contribution in [0.15, 0.2) is 24.5 Å². The van der Waals surface area contributed by atoms with Gasteiger partial charge < -0.3 is 4.57 Å². The van der Waals surface area contributed by atoms with Crippen LogP contribution >= 0.6 is 11.1 Å². The fourth-order valence-electron chi connectivity index (χ4n) is 1.71. The maximum absolute atomic E-state index is 6.26. The number of rotatable bonds is 7. The highest BCUT2D eigenvalue weighted by Gasteiger charge is 2.15. The molecule has 3 heteroatoms. The van der Waals surface area contributed by atoms with E-state index in [0.29, 0.717) is 0 Å². The third-order valence-corrected chi connectivity index (χ3v) is 4.71. The van der Waals surface area contributed by atoms with Crippen LogP contribution < -0.4 is 0 Å². The Morgan fingerprint density at radius 2 is 1.60 bits per heavy atom. The fourth-order valence-corrected chi connectivity index (χ4v) is 3.20. The average molecular weight is 244 g/mol. The van der Waals surface area contributed by atoms with Crippen molar-refractivity contribution in [2.75, 3.05) is 0 Å². The Bertz CT molecular complexity index is 251. The molecule has 0 aliphatic rings. The van der Waals surface area contributed by atoms with Crippen molar-refractivity contribution in [1.29, 1.82) is 0 Å². The SMILES string of the molecule is C[Si](C)(Cl)CCCCCCn1cccc1. The molecule has 0 aliphatic heterocycles. The molecule has 0 saturated carbocycles. The third kappa shape index (κ3) is 6.80. The van der Waals surface area contributed by atoms with Gasteiger partial charge in [0.25, 0.3) is 0 Å². The van der Waals surface area contributed by atoms with Gasteiger partial charge in [0.05, 0.1) is 0 Å². The first kappa shape index (κ1) is 12.9.